The maximum atomic E-state index is 12.7. The van der Waals surface area contributed by atoms with Gasteiger partial charge in [-0.2, -0.15) is 0 Å². The van der Waals surface area contributed by atoms with Gasteiger partial charge < -0.3 is 5.11 Å². The highest BCUT2D eigenvalue weighted by atomic mass is 35.5. The molecule has 0 radical (unpaired) electrons. The summed E-state index contributed by atoms with van der Waals surface area (Å²) in [5.41, 5.74) is 1.33. The fraction of sp³-hybridized carbons (Fsp3) is 0.100. The molecule has 0 saturated carbocycles. The van der Waals surface area contributed by atoms with E-state index in [2.05, 4.69) is 4.98 Å². The molecule has 0 fully saturated rings. The van der Waals surface area contributed by atoms with Crippen LogP contribution >= 0.6 is 22.9 Å². The van der Waals surface area contributed by atoms with Crippen LogP contribution < -0.4 is 0 Å². The van der Waals surface area contributed by atoms with Crippen molar-refractivity contribution < 1.29 is 9.50 Å². The van der Waals surface area contributed by atoms with Crippen LogP contribution in [-0.4, -0.2) is 10.1 Å². The maximum Gasteiger partial charge on any atom is 0.184 e. The molecule has 0 atom stereocenters. The van der Waals surface area contributed by atoms with E-state index in [1.807, 2.05) is 0 Å². The zero-order chi connectivity index (χ0) is 10.8. The molecule has 0 spiro atoms. The van der Waals surface area contributed by atoms with Crippen LogP contribution in [0.3, 0.4) is 0 Å². The van der Waals surface area contributed by atoms with Gasteiger partial charge in [-0.1, -0.05) is 23.7 Å². The van der Waals surface area contributed by atoms with Crippen LogP contribution in [0.4, 0.5) is 4.39 Å². The van der Waals surface area contributed by atoms with Gasteiger partial charge in [0.2, 0.25) is 0 Å². The topological polar surface area (TPSA) is 33.1 Å². The summed E-state index contributed by atoms with van der Waals surface area (Å²) in [5, 5.41) is 9.06. The smallest absolute Gasteiger partial charge is 0.184 e. The Labute approximate surface area is 95.0 Å². The number of nitrogens with zero attached hydrogens (tertiary/aromatic N) is 1. The van der Waals surface area contributed by atoms with Crippen molar-refractivity contribution in [3.8, 4) is 10.4 Å². The fourth-order valence-electron chi connectivity index (χ4n) is 1.26. The third-order valence-electron chi connectivity index (χ3n) is 1.93. The molecule has 1 aromatic carbocycles. The molecule has 0 aliphatic carbocycles. The molecule has 2 rings (SSSR count). The van der Waals surface area contributed by atoms with Crippen LogP contribution in [0.1, 0.15) is 5.69 Å². The normalized spacial score (nSPS) is 10.6. The molecule has 1 N–H and O–H groups in total. The van der Waals surface area contributed by atoms with E-state index in [0.29, 0.717) is 10.2 Å². The predicted molar refractivity (Wildman–Crippen MR) is 58.4 cm³/mol. The van der Waals surface area contributed by atoms with Crippen LogP contribution in [0.5, 0.6) is 0 Å². The molecule has 0 amide bonds. The number of rotatable bonds is 2. The molecule has 0 aliphatic rings. The van der Waals surface area contributed by atoms with E-state index in [0.717, 1.165) is 10.4 Å². The van der Waals surface area contributed by atoms with Crippen LogP contribution in [-0.2, 0) is 6.61 Å². The van der Waals surface area contributed by atoms with Gasteiger partial charge in [-0.25, -0.2) is 9.37 Å². The van der Waals surface area contributed by atoms with Crippen molar-refractivity contribution in [2.45, 2.75) is 6.61 Å². The van der Waals surface area contributed by atoms with Crippen molar-refractivity contribution in [3.63, 3.8) is 0 Å². The summed E-state index contributed by atoms with van der Waals surface area (Å²) < 4.78 is 13.1. The van der Waals surface area contributed by atoms with Gasteiger partial charge in [0.05, 0.1) is 17.2 Å². The predicted octanol–water partition coefficient (Wildman–Crippen LogP) is 3.09. The first kappa shape index (κ1) is 10.5. The first-order valence-electron chi connectivity index (χ1n) is 4.22. The second-order valence-corrected chi connectivity index (χ2v) is 4.49. The number of hydrogen-bond acceptors (Lipinski definition) is 3. The van der Waals surface area contributed by atoms with Crippen LogP contribution in [0.15, 0.2) is 24.3 Å². The fourth-order valence-corrected chi connectivity index (χ4v) is 2.40. The van der Waals surface area contributed by atoms with Crippen molar-refractivity contribution in [1.29, 1.82) is 0 Å². The summed E-state index contributed by atoms with van der Waals surface area (Å²) in [4.78, 5) is 4.75. The lowest BCUT2D eigenvalue weighted by Crippen LogP contribution is -1.86. The number of benzene rings is 1. The molecule has 0 saturated heterocycles. The van der Waals surface area contributed by atoms with E-state index < -0.39 is 0 Å². The third kappa shape index (κ3) is 2.17. The Morgan fingerprint density at radius 1 is 1.33 bits per heavy atom. The van der Waals surface area contributed by atoms with Crippen molar-refractivity contribution >= 4 is 22.9 Å². The number of aliphatic hydroxyl groups is 1. The maximum absolute atomic E-state index is 12.7. The van der Waals surface area contributed by atoms with Crippen molar-refractivity contribution in [2.75, 3.05) is 0 Å². The van der Waals surface area contributed by atoms with E-state index >= 15 is 0 Å². The SMILES string of the molecule is OCc1nc(Cl)sc1-c1ccc(F)cc1. The Bertz CT molecular complexity index is 469. The van der Waals surface area contributed by atoms with Gasteiger partial charge in [0, 0.05) is 0 Å². The van der Waals surface area contributed by atoms with E-state index in [4.69, 9.17) is 16.7 Å². The Morgan fingerprint density at radius 3 is 2.60 bits per heavy atom. The van der Waals surface area contributed by atoms with E-state index in [9.17, 15) is 4.39 Å². The summed E-state index contributed by atoms with van der Waals surface area (Å²) in [6.45, 7) is -0.171. The van der Waals surface area contributed by atoms with Gasteiger partial charge in [0.25, 0.3) is 0 Å². The van der Waals surface area contributed by atoms with E-state index in [1.54, 1.807) is 12.1 Å². The highest BCUT2D eigenvalue weighted by molar-refractivity contribution is 7.19. The zero-order valence-corrected chi connectivity index (χ0v) is 9.15. The molecular formula is C10H7ClFNOS. The van der Waals surface area contributed by atoms with Crippen molar-refractivity contribution in [1.82, 2.24) is 4.98 Å². The lowest BCUT2D eigenvalue weighted by atomic mass is 10.1. The summed E-state index contributed by atoms with van der Waals surface area (Å²) in [6, 6.07) is 6.00. The average molecular weight is 244 g/mol. The highest BCUT2D eigenvalue weighted by Crippen LogP contribution is 2.32. The average Bonchev–Trinajstić information content (AvgIpc) is 2.61. The second kappa shape index (κ2) is 4.26. The second-order valence-electron chi connectivity index (χ2n) is 2.91. The molecule has 0 aliphatic heterocycles. The van der Waals surface area contributed by atoms with Gasteiger partial charge >= 0.3 is 0 Å². The van der Waals surface area contributed by atoms with Gasteiger partial charge in [-0.15, -0.1) is 11.3 Å². The summed E-state index contributed by atoms with van der Waals surface area (Å²) in [7, 11) is 0. The number of halogens is 2. The Balaban J connectivity index is 2.48. The number of thiazole rings is 1. The zero-order valence-electron chi connectivity index (χ0n) is 7.58. The van der Waals surface area contributed by atoms with Crippen LogP contribution in [0, 0.1) is 5.82 Å². The minimum absolute atomic E-state index is 0.171. The summed E-state index contributed by atoms with van der Waals surface area (Å²) in [5.74, 6) is -0.292. The molecule has 5 heteroatoms. The highest BCUT2D eigenvalue weighted by Gasteiger charge is 2.10. The largest absolute Gasteiger partial charge is 0.390 e. The summed E-state index contributed by atoms with van der Waals surface area (Å²) >= 11 is 7.02. The minimum Gasteiger partial charge on any atom is -0.390 e. The molecule has 0 bridgehead atoms. The lowest BCUT2D eigenvalue weighted by Gasteiger charge is -1.98. The quantitative estimate of drug-likeness (QED) is 0.879. The first-order chi connectivity index (χ1) is 7.20. The monoisotopic (exact) mass is 243 g/mol. The molecule has 2 aromatic rings. The van der Waals surface area contributed by atoms with Crippen molar-refractivity contribution in [2.24, 2.45) is 0 Å². The standard InChI is InChI=1S/C10H7ClFNOS/c11-10-13-8(5-14)9(15-10)6-1-3-7(12)4-2-6/h1-4,14H,5H2. The first-order valence-corrected chi connectivity index (χ1v) is 5.42. The molecule has 1 aromatic heterocycles. The number of hydrogen-bond donors (Lipinski definition) is 1. The molecule has 15 heavy (non-hydrogen) atoms. The van der Waals surface area contributed by atoms with E-state index in [1.165, 1.54) is 23.5 Å². The van der Waals surface area contributed by atoms with Crippen molar-refractivity contribution in [3.05, 3.63) is 40.2 Å². The molecule has 1 heterocycles. The van der Waals surface area contributed by atoms with Crippen LogP contribution in [0.2, 0.25) is 4.47 Å². The minimum atomic E-state index is -0.292. The molecule has 2 nitrogen and oxygen atoms in total. The van der Waals surface area contributed by atoms with Crippen LogP contribution in [0.25, 0.3) is 10.4 Å². The summed E-state index contributed by atoms with van der Waals surface area (Å²) in [6.07, 6.45) is 0. The van der Waals surface area contributed by atoms with Gasteiger partial charge in [0.1, 0.15) is 5.82 Å². The molecule has 78 valence electrons. The number of aliphatic hydroxyl groups excluding tert-OH is 1. The third-order valence-corrected chi connectivity index (χ3v) is 3.18. The Hall–Kier alpha value is -0.970. The Kier molecular flexibility index (Phi) is 3.00. The molecule has 0 unspecified atom stereocenters. The number of aromatic nitrogens is 1. The van der Waals surface area contributed by atoms with E-state index in [-0.39, 0.29) is 12.4 Å². The van der Waals surface area contributed by atoms with Gasteiger partial charge in [0.15, 0.2) is 4.47 Å². The lowest BCUT2D eigenvalue weighted by molar-refractivity contribution is 0.278. The van der Waals surface area contributed by atoms with Gasteiger partial charge in [-0.3, -0.25) is 0 Å². The Morgan fingerprint density at radius 2 is 2.00 bits per heavy atom. The molecular weight excluding hydrogens is 237 g/mol. The van der Waals surface area contributed by atoms with Gasteiger partial charge in [-0.05, 0) is 17.7 Å².